The van der Waals surface area contributed by atoms with Gasteiger partial charge in [0.05, 0.1) is 10.0 Å². The Labute approximate surface area is 182 Å². The zero-order valence-corrected chi connectivity index (χ0v) is 18.1. The number of nitrogens with one attached hydrogen (secondary N) is 1. The number of hydrogen-bond acceptors (Lipinski definition) is 2. The molecule has 1 aliphatic rings. The lowest BCUT2D eigenvalue weighted by atomic mass is 10.0. The lowest BCUT2D eigenvalue weighted by Crippen LogP contribution is -2.46. The average molecular weight is 433 g/mol. The highest BCUT2D eigenvalue weighted by atomic mass is 35.5. The van der Waals surface area contributed by atoms with E-state index < -0.39 is 0 Å². The predicted molar refractivity (Wildman–Crippen MR) is 118 cm³/mol. The fourth-order valence-electron chi connectivity index (χ4n) is 3.66. The fraction of sp³-hybridized carbons (Fsp3) is 0.391. The zero-order valence-electron chi connectivity index (χ0n) is 16.6. The van der Waals surface area contributed by atoms with Gasteiger partial charge < -0.3 is 10.2 Å². The Morgan fingerprint density at radius 2 is 1.79 bits per heavy atom. The van der Waals surface area contributed by atoms with Gasteiger partial charge in [-0.1, -0.05) is 47.5 Å². The molecule has 4 nitrogen and oxygen atoms in total. The number of nitrogens with zero attached hydrogens (tertiary/aromatic N) is 1. The van der Waals surface area contributed by atoms with Crippen LogP contribution in [0.1, 0.15) is 47.2 Å². The van der Waals surface area contributed by atoms with E-state index in [1.807, 2.05) is 48.2 Å². The molecule has 0 saturated carbocycles. The third kappa shape index (κ3) is 5.97. The summed E-state index contributed by atoms with van der Waals surface area (Å²) in [6, 6.07) is 13.3. The van der Waals surface area contributed by atoms with Gasteiger partial charge in [-0.3, -0.25) is 9.59 Å². The van der Waals surface area contributed by atoms with E-state index >= 15 is 0 Å². The molecule has 0 spiro atoms. The molecule has 6 heteroatoms. The number of carbonyl (C=O) groups is 2. The Morgan fingerprint density at radius 3 is 2.48 bits per heavy atom. The van der Waals surface area contributed by atoms with E-state index in [1.54, 1.807) is 6.07 Å². The lowest BCUT2D eigenvalue weighted by molar-refractivity contribution is -0.132. The van der Waals surface area contributed by atoms with Crippen LogP contribution in [0, 0.1) is 6.92 Å². The van der Waals surface area contributed by atoms with Gasteiger partial charge in [0.1, 0.15) is 0 Å². The third-order valence-corrected chi connectivity index (χ3v) is 6.15. The van der Waals surface area contributed by atoms with Gasteiger partial charge in [-0.25, -0.2) is 0 Å². The molecule has 0 atom stereocenters. The van der Waals surface area contributed by atoms with Crippen molar-refractivity contribution in [2.24, 2.45) is 0 Å². The lowest BCUT2D eigenvalue weighted by Gasteiger charge is -2.32. The SMILES string of the molecule is Cc1ccccc1C(=O)NC1CCN(C(=O)CCCc2ccc(Cl)c(Cl)c2)CC1. The van der Waals surface area contributed by atoms with Gasteiger partial charge >= 0.3 is 0 Å². The van der Waals surface area contributed by atoms with Crippen LogP contribution in [0.25, 0.3) is 0 Å². The van der Waals surface area contributed by atoms with Gasteiger partial charge in [-0.2, -0.15) is 0 Å². The minimum absolute atomic E-state index is 0.0329. The summed E-state index contributed by atoms with van der Waals surface area (Å²) in [6.07, 6.45) is 3.67. The molecule has 154 valence electrons. The number of likely N-dealkylation sites (tertiary alicyclic amines) is 1. The van der Waals surface area contributed by atoms with Gasteiger partial charge in [-0.15, -0.1) is 0 Å². The molecule has 0 aromatic heterocycles. The zero-order chi connectivity index (χ0) is 20.8. The fourth-order valence-corrected chi connectivity index (χ4v) is 3.98. The van der Waals surface area contributed by atoms with E-state index in [2.05, 4.69) is 5.32 Å². The molecule has 0 radical (unpaired) electrons. The summed E-state index contributed by atoms with van der Waals surface area (Å²) >= 11 is 12.0. The summed E-state index contributed by atoms with van der Waals surface area (Å²) in [4.78, 5) is 26.9. The van der Waals surface area contributed by atoms with E-state index in [1.165, 1.54) is 0 Å². The molecule has 1 fully saturated rings. The summed E-state index contributed by atoms with van der Waals surface area (Å²) in [5.74, 6) is 0.142. The van der Waals surface area contributed by atoms with Crippen molar-refractivity contribution in [1.82, 2.24) is 10.2 Å². The third-order valence-electron chi connectivity index (χ3n) is 5.41. The molecule has 1 heterocycles. The molecule has 1 aliphatic heterocycles. The van der Waals surface area contributed by atoms with Crippen molar-refractivity contribution in [2.75, 3.05) is 13.1 Å². The minimum Gasteiger partial charge on any atom is -0.349 e. The van der Waals surface area contributed by atoms with Crippen molar-refractivity contribution in [1.29, 1.82) is 0 Å². The second kappa shape index (κ2) is 10.1. The molecule has 2 aromatic carbocycles. The summed E-state index contributed by atoms with van der Waals surface area (Å²) < 4.78 is 0. The number of piperidine rings is 1. The highest BCUT2D eigenvalue weighted by Gasteiger charge is 2.24. The van der Waals surface area contributed by atoms with E-state index in [0.29, 0.717) is 35.1 Å². The Hall–Kier alpha value is -2.04. The van der Waals surface area contributed by atoms with Gasteiger partial charge in [0, 0.05) is 31.1 Å². The molecule has 29 heavy (non-hydrogen) atoms. The summed E-state index contributed by atoms with van der Waals surface area (Å²) in [7, 11) is 0. The Kier molecular flexibility index (Phi) is 7.57. The Balaban J connectivity index is 1.40. The van der Waals surface area contributed by atoms with Gasteiger partial charge in [0.15, 0.2) is 0 Å². The molecule has 1 N–H and O–H groups in total. The second-order valence-corrected chi connectivity index (χ2v) is 8.36. The number of rotatable bonds is 6. The van der Waals surface area contributed by atoms with Crippen LogP contribution < -0.4 is 5.32 Å². The first-order chi connectivity index (χ1) is 13.9. The van der Waals surface area contributed by atoms with Crippen LogP contribution in [0.3, 0.4) is 0 Å². The monoisotopic (exact) mass is 432 g/mol. The molecular weight excluding hydrogens is 407 g/mol. The predicted octanol–water partition coefficient (Wildman–Crippen LogP) is 5.05. The van der Waals surface area contributed by atoms with Crippen molar-refractivity contribution < 1.29 is 9.59 Å². The van der Waals surface area contributed by atoms with E-state index in [-0.39, 0.29) is 17.9 Å². The van der Waals surface area contributed by atoms with Crippen molar-refractivity contribution in [3.63, 3.8) is 0 Å². The molecule has 0 unspecified atom stereocenters. The smallest absolute Gasteiger partial charge is 0.251 e. The Bertz CT molecular complexity index is 877. The number of carbonyl (C=O) groups excluding carboxylic acids is 2. The van der Waals surface area contributed by atoms with E-state index in [9.17, 15) is 9.59 Å². The highest BCUT2D eigenvalue weighted by molar-refractivity contribution is 6.42. The molecule has 0 bridgehead atoms. The normalized spacial score (nSPS) is 14.7. The summed E-state index contributed by atoms with van der Waals surface area (Å²) in [5.41, 5.74) is 2.78. The molecule has 1 saturated heterocycles. The van der Waals surface area contributed by atoms with Crippen molar-refractivity contribution in [3.05, 3.63) is 69.2 Å². The van der Waals surface area contributed by atoms with Crippen LogP contribution in [0.4, 0.5) is 0 Å². The number of amides is 2. The van der Waals surface area contributed by atoms with E-state index in [0.717, 1.165) is 36.8 Å². The second-order valence-electron chi connectivity index (χ2n) is 7.55. The van der Waals surface area contributed by atoms with Gasteiger partial charge in [-0.05, 0) is 61.9 Å². The van der Waals surface area contributed by atoms with E-state index in [4.69, 9.17) is 23.2 Å². The number of aryl methyl sites for hydroxylation is 2. The Morgan fingerprint density at radius 1 is 1.07 bits per heavy atom. The van der Waals surface area contributed by atoms with Crippen molar-refractivity contribution in [2.45, 2.75) is 45.1 Å². The minimum atomic E-state index is -0.0329. The average Bonchev–Trinajstić information content (AvgIpc) is 2.71. The van der Waals surface area contributed by atoms with Crippen LogP contribution in [-0.2, 0) is 11.2 Å². The molecule has 2 amide bonds. The molecular formula is C23H26Cl2N2O2. The summed E-state index contributed by atoms with van der Waals surface area (Å²) in [6.45, 7) is 3.31. The maximum atomic E-state index is 12.5. The van der Waals surface area contributed by atoms with Gasteiger partial charge in [0.25, 0.3) is 5.91 Å². The van der Waals surface area contributed by atoms with Crippen LogP contribution in [-0.4, -0.2) is 35.8 Å². The standard InChI is InChI=1S/C23H26Cl2N2O2/c1-16-5-2-3-7-19(16)23(29)26-18-11-13-27(14-12-18)22(28)8-4-6-17-9-10-20(24)21(25)15-17/h2-3,5,7,9-10,15,18H,4,6,8,11-14H2,1H3,(H,26,29). The van der Waals surface area contributed by atoms with Crippen LogP contribution in [0.15, 0.2) is 42.5 Å². The topological polar surface area (TPSA) is 49.4 Å². The number of halogens is 2. The van der Waals surface area contributed by atoms with Crippen LogP contribution in [0.2, 0.25) is 10.0 Å². The number of hydrogen-bond donors (Lipinski definition) is 1. The molecule has 2 aromatic rings. The number of benzene rings is 2. The molecule has 0 aliphatic carbocycles. The summed E-state index contributed by atoms with van der Waals surface area (Å²) in [5, 5.41) is 4.20. The first-order valence-corrected chi connectivity index (χ1v) is 10.8. The highest BCUT2D eigenvalue weighted by Crippen LogP contribution is 2.23. The largest absolute Gasteiger partial charge is 0.349 e. The maximum absolute atomic E-state index is 12.5. The first-order valence-electron chi connectivity index (χ1n) is 10.0. The van der Waals surface area contributed by atoms with Crippen LogP contribution in [0.5, 0.6) is 0 Å². The first kappa shape index (κ1) is 21.7. The van der Waals surface area contributed by atoms with Crippen molar-refractivity contribution in [3.8, 4) is 0 Å². The quantitative estimate of drug-likeness (QED) is 0.694. The maximum Gasteiger partial charge on any atom is 0.251 e. The van der Waals surface area contributed by atoms with Gasteiger partial charge in [0.2, 0.25) is 5.91 Å². The van der Waals surface area contributed by atoms with Crippen LogP contribution >= 0.6 is 23.2 Å². The van der Waals surface area contributed by atoms with Crippen molar-refractivity contribution >= 4 is 35.0 Å². The molecule has 3 rings (SSSR count).